The highest BCUT2D eigenvalue weighted by Crippen LogP contribution is 2.15. The van der Waals surface area contributed by atoms with Crippen LogP contribution in [0.1, 0.15) is 11.1 Å². The van der Waals surface area contributed by atoms with Gasteiger partial charge in [-0.2, -0.15) is 0 Å². The van der Waals surface area contributed by atoms with Crippen molar-refractivity contribution in [2.24, 2.45) is 5.73 Å². The zero-order valence-electron chi connectivity index (χ0n) is 7.92. The van der Waals surface area contributed by atoms with E-state index >= 15 is 0 Å². The Hall–Kier alpha value is -1.06. The van der Waals surface area contributed by atoms with Crippen LogP contribution in [0.4, 0.5) is 0 Å². The van der Waals surface area contributed by atoms with Gasteiger partial charge in [0.15, 0.2) is 0 Å². The maximum atomic E-state index is 10.8. The standard InChI is InChI=1S/C10H12ClNO2/c1-7-4-9(11)3-2-8(7)6-14-10(13)5-12/h2-4H,5-6,12H2,1H3. The van der Waals surface area contributed by atoms with E-state index in [2.05, 4.69) is 0 Å². The first-order valence-corrected chi connectivity index (χ1v) is 4.62. The van der Waals surface area contributed by atoms with Gasteiger partial charge in [0.25, 0.3) is 0 Å². The molecular formula is C10H12ClNO2. The Morgan fingerprint density at radius 2 is 2.29 bits per heavy atom. The number of rotatable bonds is 3. The number of benzene rings is 1. The smallest absolute Gasteiger partial charge is 0.320 e. The van der Waals surface area contributed by atoms with Crippen molar-refractivity contribution in [3.8, 4) is 0 Å². The summed E-state index contributed by atoms with van der Waals surface area (Å²) in [4.78, 5) is 10.8. The van der Waals surface area contributed by atoms with E-state index in [1.54, 1.807) is 6.07 Å². The van der Waals surface area contributed by atoms with Crippen LogP contribution in [0.5, 0.6) is 0 Å². The van der Waals surface area contributed by atoms with E-state index in [9.17, 15) is 4.79 Å². The van der Waals surface area contributed by atoms with Gasteiger partial charge in [0.1, 0.15) is 6.61 Å². The van der Waals surface area contributed by atoms with Gasteiger partial charge in [0.05, 0.1) is 6.54 Å². The van der Waals surface area contributed by atoms with Crippen molar-refractivity contribution in [3.63, 3.8) is 0 Å². The molecule has 0 spiro atoms. The SMILES string of the molecule is Cc1cc(Cl)ccc1COC(=O)CN. The van der Waals surface area contributed by atoms with Gasteiger partial charge in [-0.1, -0.05) is 17.7 Å². The van der Waals surface area contributed by atoms with Crippen molar-refractivity contribution in [3.05, 3.63) is 34.3 Å². The van der Waals surface area contributed by atoms with Crippen molar-refractivity contribution < 1.29 is 9.53 Å². The molecule has 14 heavy (non-hydrogen) atoms. The van der Waals surface area contributed by atoms with Gasteiger partial charge < -0.3 is 10.5 Å². The van der Waals surface area contributed by atoms with E-state index in [1.165, 1.54) is 0 Å². The normalized spacial score (nSPS) is 9.93. The fraction of sp³-hybridized carbons (Fsp3) is 0.300. The summed E-state index contributed by atoms with van der Waals surface area (Å²) in [6.07, 6.45) is 0. The lowest BCUT2D eigenvalue weighted by Crippen LogP contribution is -2.16. The maximum absolute atomic E-state index is 10.8. The Balaban J connectivity index is 2.63. The molecule has 0 aliphatic rings. The molecule has 0 amide bonds. The van der Waals surface area contributed by atoms with Crippen LogP contribution in [0.15, 0.2) is 18.2 Å². The van der Waals surface area contributed by atoms with Crippen LogP contribution in [-0.2, 0) is 16.1 Å². The maximum Gasteiger partial charge on any atom is 0.320 e. The highest BCUT2D eigenvalue weighted by molar-refractivity contribution is 6.30. The zero-order chi connectivity index (χ0) is 10.6. The second-order valence-electron chi connectivity index (χ2n) is 2.94. The van der Waals surface area contributed by atoms with Crippen molar-refractivity contribution in [1.29, 1.82) is 0 Å². The number of carbonyl (C=O) groups is 1. The largest absolute Gasteiger partial charge is 0.460 e. The van der Waals surface area contributed by atoms with Crippen LogP contribution in [0.3, 0.4) is 0 Å². The van der Waals surface area contributed by atoms with Gasteiger partial charge in [-0.15, -0.1) is 0 Å². The van der Waals surface area contributed by atoms with Gasteiger partial charge in [-0.05, 0) is 30.2 Å². The van der Waals surface area contributed by atoms with E-state index in [0.29, 0.717) is 5.02 Å². The summed E-state index contributed by atoms with van der Waals surface area (Å²) in [5.41, 5.74) is 7.05. The van der Waals surface area contributed by atoms with E-state index < -0.39 is 5.97 Å². The summed E-state index contributed by atoms with van der Waals surface area (Å²) in [6, 6.07) is 5.43. The number of ether oxygens (including phenoxy) is 1. The van der Waals surface area contributed by atoms with Gasteiger partial charge in [-0.3, -0.25) is 4.79 Å². The third-order valence-corrected chi connectivity index (χ3v) is 2.10. The molecular weight excluding hydrogens is 202 g/mol. The lowest BCUT2D eigenvalue weighted by Gasteiger charge is -2.06. The minimum atomic E-state index is -0.403. The summed E-state index contributed by atoms with van der Waals surface area (Å²) in [5.74, 6) is -0.403. The number of carbonyl (C=O) groups excluding carboxylic acids is 1. The lowest BCUT2D eigenvalue weighted by atomic mass is 10.1. The summed E-state index contributed by atoms with van der Waals surface area (Å²) in [5, 5.41) is 0.677. The Labute approximate surface area is 87.8 Å². The molecule has 1 aromatic carbocycles. The van der Waals surface area contributed by atoms with Crippen LogP contribution in [0.2, 0.25) is 5.02 Å². The van der Waals surface area contributed by atoms with E-state index in [0.717, 1.165) is 11.1 Å². The molecule has 3 nitrogen and oxygen atoms in total. The summed E-state index contributed by atoms with van der Waals surface area (Å²) < 4.78 is 4.89. The molecule has 0 heterocycles. The molecule has 0 saturated carbocycles. The van der Waals surface area contributed by atoms with Gasteiger partial charge >= 0.3 is 5.97 Å². The first-order chi connectivity index (χ1) is 6.63. The van der Waals surface area contributed by atoms with Crippen molar-refractivity contribution in [1.82, 2.24) is 0 Å². The Kier molecular flexibility index (Phi) is 3.92. The average Bonchev–Trinajstić information content (AvgIpc) is 2.16. The molecule has 0 unspecified atom stereocenters. The van der Waals surface area contributed by atoms with Crippen molar-refractivity contribution >= 4 is 17.6 Å². The monoisotopic (exact) mass is 213 g/mol. The van der Waals surface area contributed by atoms with Crippen LogP contribution < -0.4 is 5.73 Å². The number of nitrogens with two attached hydrogens (primary N) is 1. The zero-order valence-corrected chi connectivity index (χ0v) is 8.67. The van der Waals surface area contributed by atoms with Crippen LogP contribution in [-0.4, -0.2) is 12.5 Å². The molecule has 0 aliphatic heterocycles. The molecule has 2 N–H and O–H groups in total. The number of esters is 1. The molecule has 76 valence electrons. The molecule has 1 rings (SSSR count). The predicted octanol–water partition coefficient (Wildman–Crippen LogP) is 1.65. The minimum Gasteiger partial charge on any atom is -0.460 e. The lowest BCUT2D eigenvalue weighted by molar-refractivity contribution is -0.143. The first-order valence-electron chi connectivity index (χ1n) is 4.24. The van der Waals surface area contributed by atoms with Crippen LogP contribution in [0.25, 0.3) is 0 Å². The molecule has 0 radical (unpaired) electrons. The molecule has 0 saturated heterocycles. The van der Waals surface area contributed by atoms with Crippen LogP contribution in [0, 0.1) is 6.92 Å². The number of hydrogen-bond donors (Lipinski definition) is 1. The molecule has 0 bridgehead atoms. The average molecular weight is 214 g/mol. The molecule has 4 heteroatoms. The van der Waals surface area contributed by atoms with Gasteiger partial charge in [0.2, 0.25) is 0 Å². The Morgan fingerprint density at radius 1 is 1.57 bits per heavy atom. The first kappa shape index (κ1) is 11.0. The molecule has 0 atom stereocenters. The number of hydrogen-bond acceptors (Lipinski definition) is 3. The number of halogens is 1. The van der Waals surface area contributed by atoms with Crippen molar-refractivity contribution in [2.75, 3.05) is 6.54 Å². The van der Waals surface area contributed by atoms with E-state index in [4.69, 9.17) is 22.1 Å². The summed E-state index contributed by atoms with van der Waals surface area (Å²) in [6.45, 7) is 2.07. The van der Waals surface area contributed by atoms with Gasteiger partial charge in [0, 0.05) is 5.02 Å². The number of aryl methyl sites for hydroxylation is 1. The topological polar surface area (TPSA) is 52.3 Å². The fourth-order valence-corrected chi connectivity index (χ4v) is 1.27. The van der Waals surface area contributed by atoms with Gasteiger partial charge in [-0.25, -0.2) is 0 Å². The Morgan fingerprint density at radius 3 is 2.86 bits per heavy atom. The van der Waals surface area contributed by atoms with E-state index in [-0.39, 0.29) is 13.2 Å². The molecule has 0 aromatic heterocycles. The molecule has 0 fully saturated rings. The second-order valence-corrected chi connectivity index (χ2v) is 3.37. The third kappa shape index (κ3) is 3.01. The molecule has 0 aliphatic carbocycles. The van der Waals surface area contributed by atoms with Crippen molar-refractivity contribution in [2.45, 2.75) is 13.5 Å². The van der Waals surface area contributed by atoms with Crippen LogP contribution >= 0.6 is 11.6 Å². The second kappa shape index (κ2) is 4.98. The van der Waals surface area contributed by atoms with E-state index in [1.807, 2.05) is 19.1 Å². The Bertz CT molecular complexity index is 339. The summed E-state index contributed by atoms with van der Waals surface area (Å²) in [7, 11) is 0. The quantitative estimate of drug-likeness (QED) is 0.777. The third-order valence-electron chi connectivity index (χ3n) is 1.86. The molecule has 1 aromatic rings. The minimum absolute atomic E-state index is 0.0906. The fourth-order valence-electron chi connectivity index (χ4n) is 1.04. The predicted molar refractivity (Wildman–Crippen MR) is 55.0 cm³/mol. The summed E-state index contributed by atoms with van der Waals surface area (Å²) >= 11 is 5.78. The highest BCUT2D eigenvalue weighted by atomic mass is 35.5. The highest BCUT2D eigenvalue weighted by Gasteiger charge is 2.02.